The quantitative estimate of drug-likeness (QED) is 0.756. The van der Waals surface area contributed by atoms with Gasteiger partial charge in [-0.3, -0.25) is 0 Å². The van der Waals surface area contributed by atoms with Crippen LogP contribution >= 0.6 is 38.5 Å². The molecule has 0 aliphatic heterocycles. The van der Waals surface area contributed by atoms with E-state index in [0.717, 1.165) is 10.2 Å². The van der Waals surface area contributed by atoms with Gasteiger partial charge in [-0.05, 0) is 47.7 Å². The fourth-order valence-electron chi connectivity index (χ4n) is 0.779. The Morgan fingerprint density at radius 1 is 1.45 bits per heavy atom. The van der Waals surface area contributed by atoms with E-state index in [1.54, 1.807) is 0 Å². The fourth-order valence-corrected chi connectivity index (χ4v) is 2.32. The molecule has 0 unspecified atom stereocenters. The third kappa shape index (κ3) is 2.99. The molecule has 0 spiro atoms. The van der Waals surface area contributed by atoms with Gasteiger partial charge in [-0.15, -0.1) is 0 Å². The Hall–Kier alpha value is 0.230. The first-order chi connectivity index (χ1) is 5.22. The van der Waals surface area contributed by atoms with Crippen molar-refractivity contribution >= 4 is 38.5 Å². The lowest BCUT2D eigenvalue weighted by molar-refractivity contribution is 0.340. The maximum absolute atomic E-state index is 5.33. The van der Waals surface area contributed by atoms with Crippen LogP contribution in [0.15, 0.2) is 22.7 Å². The van der Waals surface area contributed by atoms with E-state index in [1.165, 1.54) is 3.57 Å². The number of halogens is 2. The Labute approximate surface area is 88.4 Å². The smallest absolute Gasteiger partial charge is 0.121 e. The lowest BCUT2D eigenvalue weighted by Crippen LogP contribution is -1.91. The predicted octanol–water partition coefficient (Wildman–Crippen LogP) is 3.45. The molecule has 0 saturated heterocycles. The summed E-state index contributed by atoms with van der Waals surface area (Å²) in [5.41, 5.74) is 0. The Morgan fingerprint density at radius 2 is 2.18 bits per heavy atom. The zero-order valence-corrected chi connectivity index (χ0v) is 9.85. The number of benzene rings is 1. The van der Waals surface area contributed by atoms with Crippen molar-refractivity contribution in [2.24, 2.45) is 0 Å². The van der Waals surface area contributed by atoms with E-state index < -0.39 is 0 Å². The number of rotatable bonds is 2. The van der Waals surface area contributed by atoms with Gasteiger partial charge in [-0.2, -0.15) is 0 Å². The SMILES string of the molecule is CCOc1cc(Br)cc(I)c1. The van der Waals surface area contributed by atoms with Crippen LogP contribution in [0, 0.1) is 3.57 Å². The second-order valence-corrected chi connectivity index (χ2v) is 4.20. The highest BCUT2D eigenvalue weighted by molar-refractivity contribution is 14.1. The van der Waals surface area contributed by atoms with Crippen LogP contribution < -0.4 is 4.74 Å². The molecule has 1 aromatic rings. The molecule has 60 valence electrons. The lowest BCUT2D eigenvalue weighted by atomic mass is 10.3. The third-order valence-corrected chi connectivity index (χ3v) is 2.23. The summed E-state index contributed by atoms with van der Waals surface area (Å²) >= 11 is 5.66. The summed E-state index contributed by atoms with van der Waals surface area (Å²) in [5, 5.41) is 0. The minimum atomic E-state index is 0.715. The Kier molecular flexibility index (Phi) is 3.65. The molecule has 0 fully saturated rings. The standard InChI is InChI=1S/C8H8BrIO/c1-2-11-8-4-6(9)3-7(10)5-8/h3-5H,2H2,1H3. The second kappa shape index (κ2) is 4.30. The van der Waals surface area contributed by atoms with Crippen LogP contribution in [-0.4, -0.2) is 6.61 Å². The first kappa shape index (κ1) is 9.32. The third-order valence-electron chi connectivity index (χ3n) is 1.15. The van der Waals surface area contributed by atoms with Gasteiger partial charge in [0.15, 0.2) is 0 Å². The zero-order chi connectivity index (χ0) is 8.27. The summed E-state index contributed by atoms with van der Waals surface area (Å²) < 4.78 is 7.58. The molecule has 1 aromatic carbocycles. The monoisotopic (exact) mass is 326 g/mol. The van der Waals surface area contributed by atoms with Crippen LogP contribution in [-0.2, 0) is 0 Å². The summed E-state index contributed by atoms with van der Waals surface area (Å²) in [4.78, 5) is 0. The van der Waals surface area contributed by atoms with Crippen LogP contribution in [0.25, 0.3) is 0 Å². The molecule has 0 radical (unpaired) electrons. The number of hydrogen-bond acceptors (Lipinski definition) is 1. The molecule has 3 heteroatoms. The van der Waals surface area contributed by atoms with E-state index in [1.807, 2.05) is 25.1 Å². The first-order valence-electron chi connectivity index (χ1n) is 3.31. The Balaban J connectivity index is 2.89. The van der Waals surface area contributed by atoms with E-state index in [2.05, 4.69) is 38.5 Å². The summed E-state index contributed by atoms with van der Waals surface area (Å²) in [6.45, 7) is 2.69. The molecule has 11 heavy (non-hydrogen) atoms. The second-order valence-electron chi connectivity index (χ2n) is 2.04. The predicted molar refractivity (Wildman–Crippen MR) is 58.0 cm³/mol. The number of hydrogen-bond donors (Lipinski definition) is 0. The van der Waals surface area contributed by atoms with E-state index in [4.69, 9.17) is 4.74 Å². The van der Waals surface area contributed by atoms with Gasteiger partial charge in [0, 0.05) is 8.04 Å². The van der Waals surface area contributed by atoms with Crippen LogP contribution in [0.1, 0.15) is 6.92 Å². The first-order valence-corrected chi connectivity index (χ1v) is 5.18. The number of ether oxygens (including phenoxy) is 1. The topological polar surface area (TPSA) is 9.23 Å². The van der Waals surface area contributed by atoms with Crippen molar-refractivity contribution < 1.29 is 4.74 Å². The van der Waals surface area contributed by atoms with Crippen molar-refractivity contribution in [1.29, 1.82) is 0 Å². The van der Waals surface area contributed by atoms with Crippen molar-refractivity contribution in [3.63, 3.8) is 0 Å². The highest BCUT2D eigenvalue weighted by Crippen LogP contribution is 2.22. The van der Waals surface area contributed by atoms with Gasteiger partial charge >= 0.3 is 0 Å². The van der Waals surface area contributed by atoms with E-state index in [-0.39, 0.29) is 0 Å². The van der Waals surface area contributed by atoms with Gasteiger partial charge in [0.05, 0.1) is 6.61 Å². The summed E-state index contributed by atoms with van der Waals surface area (Å²) in [5.74, 6) is 0.922. The minimum absolute atomic E-state index is 0.715. The van der Waals surface area contributed by atoms with Crippen molar-refractivity contribution in [1.82, 2.24) is 0 Å². The molecular weight excluding hydrogens is 319 g/mol. The summed E-state index contributed by atoms with van der Waals surface area (Å²) in [6.07, 6.45) is 0. The molecule has 0 bridgehead atoms. The largest absolute Gasteiger partial charge is 0.494 e. The van der Waals surface area contributed by atoms with Crippen molar-refractivity contribution in [3.05, 3.63) is 26.2 Å². The molecule has 0 atom stereocenters. The van der Waals surface area contributed by atoms with Gasteiger partial charge in [-0.1, -0.05) is 15.9 Å². The van der Waals surface area contributed by atoms with Gasteiger partial charge in [-0.25, -0.2) is 0 Å². The maximum atomic E-state index is 5.33. The Morgan fingerprint density at radius 3 is 2.73 bits per heavy atom. The molecule has 0 aromatic heterocycles. The summed E-state index contributed by atoms with van der Waals surface area (Å²) in [7, 11) is 0. The molecule has 1 rings (SSSR count). The summed E-state index contributed by atoms with van der Waals surface area (Å²) in [6, 6.07) is 6.02. The van der Waals surface area contributed by atoms with Crippen LogP contribution in [0.4, 0.5) is 0 Å². The molecule has 0 aliphatic carbocycles. The zero-order valence-electron chi connectivity index (χ0n) is 6.10. The fraction of sp³-hybridized carbons (Fsp3) is 0.250. The van der Waals surface area contributed by atoms with E-state index in [9.17, 15) is 0 Å². The molecule has 0 aliphatic rings. The van der Waals surface area contributed by atoms with Gasteiger partial charge < -0.3 is 4.74 Å². The highest BCUT2D eigenvalue weighted by atomic mass is 127. The minimum Gasteiger partial charge on any atom is -0.494 e. The van der Waals surface area contributed by atoms with E-state index >= 15 is 0 Å². The van der Waals surface area contributed by atoms with Crippen molar-refractivity contribution in [2.75, 3.05) is 6.61 Å². The van der Waals surface area contributed by atoms with E-state index in [0.29, 0.717) is 6.61 Å². The normalized spacial score (nSPS) is 9.73. The molecule has 0 amide bonds. The Bertz CT molecular complexity index is 230. The molecule has 0 saturated carbocycles. The van der Waals surface area contributed by atoms with Gasteiger partial charge in [0.2, 0.25) is 0 Å². The molecular formula is C8H8BrIO. The highest BCUT2D eigenvalue weighted by Gasteiger charge is 1.96. The average Bonchev–Trinajstić information content (AvgIpc) is 1.85. The average molecular weight is 327 g/mol. The van der Waals surface area contributed by atoms with Crippen LogP contribution in [0.3, 0.4) is 0 Å². The maximum Gasteiger partial charge on any atom is 0.121 e. The van der Waals surface area contributed by atoms with Crippen LogP contribution in [0.5, 0.6) is 5.75 Å². The van der Waals surface area contributed by atoms with Crippen molar-refractivity contribution in [3.8, 4) is 5.75 Å². The van der Waals surface area contributed by atoms with Gasteiger partial charge in [0.1, 0.15) is 5.75 Å². The van der Waals surface area contributed by atoms with Crippen LogP contribution in [0.2, 0.25) is 0 Å². The molecule has 0 heterocycles. The van der Waals surface area contributed by atoms with Crippen molar-refractivity contribution in [2.45, 2.75) is 6.92 Å². The molecule has 1 nitrogen and oxygen atoms in total. The molecule has 0 N–H and O–H groups in total. The van der Waals surface area contributed by atoms with Gasteiger partial charge in [0.25, 0.3) is 0 Å². The lowest BCUT2D eigenvalue weighted by Gasteiger charge is -2.03.